The smallest absolute Gasteiger partial charge is 0.341 e. The summed E-state index contributed by atoms with van der Waals surface area (Å²) < 4.78 is 107. The van der Waals surface area contributed by atoms with Crippen molar-refractivity contribution in [3.8, 4) is 5.69 Å². The quantitative estimate of drug-likeness (QED) is 0.170. The van der Waals surface area contributed by atoms with Crippen molar-refractivity contribution in [2.24, 2.45) is 0 Å². The molecule has 0 bridgehead atoms. The number of benzene rings is 3. The Morgan fingerprint density at radius 1 is 0.976 bits per heavy atom. The Hall–Kier alpha value is -4.43. The fourth-order valence-electron chi connectivity index (χ4n) is 4.55. The van der Waals surface area contributed by atoms with Crippen molar-refractivity contribution >= 4 is 39.3 Å². The van der Waals surface area contributed by atoms with Gasteiger partial charge < -0.3 is 10.6 Å². The minimum atomic E-state index is -5.31. The molecule has 5 rings (SSSR count). The summed E-state index contributed by atoms with van der Waals surface area (Å²) in [5.74, 6) is -4.10. The van der Waals surface area contributed by atoms with E-state index in [2.05, 4.69) is 10.6 Å². The van der Waals surface area contributed by atoms with Crippen LogP contribution in [-0.2, 0) is 16.4 Å². The van der Waals surface area contributed by atoms with Crippen molar-refractivity contribution in [2.75, 3.05) is 5.32 Å². The number of hydrogen-bond acceptors (Lipinski definition) is 4. The second kappa shape index (κ2) is 10.4. The largest absolute Gasteiger partial charge is 0.416 e. The summed E-state index contributed by atoms with van der Waals surface area (Å²) >= 11 is 6.25. The number of carbonyl (C=O) groups excluding carboxylic acids is 2. The highest BCUT2D eigenvalue weighted by Gasteiger charge is 2.38. The second-order valence-corrected chi connectivity index (χ2v) is 10.8. The van der Waals surface area contributed by atoms with Gasteiger partial charge in [-0.3, -0.25) is 9.59 Å². The summed E-state index contributed by atoms with van der Waals surface area (Å²) in [4.78, 5) is 26.2. The standard InChI is InChI=1S/C27H14ClF6N3O4S/c28-20-5-4-15(29)10-18(20)24-23-19(26(39)36-24)11-17(37-6-2-1-3-22(37)42(34,40)41)12-21(23)35-25(38)13-7-14(27(31,32)33)9-16(30)8-13/h1-12,24H,(H-,35,36,38,39)/p+1. The van der Waals surface area contributed by atoms with Gasteiger partial charge in [-0.15, -0.1) is 4.57 Å². The molecule has 0 aliphatic carbocycles. The van der Waals surface area contributed by atoms with Crippen molar-refractivity contribution in [3.05, 3.63) is 117 Å². The van der Waals surface area contributed by atoms with E-state index in [4.69, 9.17) is 11.6 Å². The van der Waals surface area contributed by atoms with E-state index < -0.39 is 62.0 Å². The Morgan fingerprint density at radius 3 is 2.40 bits per heavy atom. The van der Waals surface area contributed by atoms with Crippen LogP contribution in [0.5, 0.6) is 0 Å². The molecule has 0 saturated heterocycles. The number of alkyl halides is 3. The van der Waals surface area contributed by atoms with Crippen LogP contribution in [-0.4, -0.2) is 20.2 Å². The lowest BCUT2D eigenvalue weighted by Gasteiger charge is -2.18. The normalized spacial score (nSPS) is 14.8. The molecule has 2 N–H and O–H groups in total. The summed E-state index contributed by atoms with van der Waals surface area (Å²) in [6.45, 7) is 0. The van der Waals surface area contributed by atoms with Crippen molar-refractivity contribution < 1.29 is 48.4 Å². The molecule has 7 nitrogen and oxygen atoms in total. The van der Waals surface area contributed by atoms with Crippen molar-refractivity contribution in [1.29, 1.82) is 0 Å². The summed E-state index contributed by atoms with van der Waals surface area (Å²) in [7, 11) is -5.31. The molecule has 2 heterocycles. The SMILES string of the molecule is O=C(Nc1cc(-[n+]2ccccc2S(=O)(=O)F)cc2c1C(c1cc(F)ccc1Cl)NC2=O)c1cc(F)cc(C(F)(F)F)c1. The Balaban J connectivity index is 1.72. The third-order valence-electron chi connectivity index (χ3n) is 6.33. The zero-order valence-electron chi connectivity index (χ0n) is 20.6. The molecule has 0 fully saturated rings. The monoisotopic (exact) mass is 626 g/mol. The third-order valence-corrected chi connectivity index (χ3v) is 7.51. The lowest BCUT2D eigenvalue weighted by molar-refractivity contribution is -0.637. The first-order chi connectivity index (χ1) is 19.6. The van der Waals surface area contributed by atoms with Crippen LogP contribution in [0.4, 0.5) is 31.5 Å². The van der Waals surface area contributed by atoms with Crippen molar-refractivity contribution in [1.82, 2.24) is 5.32 Å². The van der Waals surface area contributed by atoms with E-state index >= 15 is 0 Å². The minimum absolute atomic E-state index is 0.0131. The van der Waals surface area contributed by atoms with E-state index in [9.17, 15) is 43.8 Å². The third kappa shape index (κ3) is 5.54. The highest BCUT2D eigenvalue weighted by atomic mass is 35.5. The molecule has 216 valence electrons. The molecule has 3 aromatic carbocycles. The highest BCUT2D eigenvalue weighted by Crippen LogP contribution is 2.40. The number of halogens is 7. The molecule has 1 aliphatic heterocycles. The summed E-state index contributed by atoms with van der Waals surface area (Å²) in [6.07, 6.45) is -3.83. The number of carbonyl (C=O) groups is 2. The Kier molecular flexibility index (Phi) is 7.23. The zero-order chi connectivity index (χ0) is 30.6. The lowest BCUT2D eigenvalue weighted by atomic mass is 9.95. The van der Waals surface area contributed by atoms with Gasteiger partial charge in [0.15, 0.2) is 6.20 Å². The minimum Gasteiger partial charge on any atom is -0.341 e. The maximum Gasteiger partial charge on any atom is 0.416 e. The molecule has 4 aromatic rings. The number of hydrogen-bond donors (Lipinski definition) is 2. The first-order valence-electron chi connectivity index (χ1n) is 11.7. The predicted octanol–water partition coefficient (Wildman–Crippen LogP) is 5.66. The second-order valence-electron chi connectivity index (χ2n) is 9.05. The molecule has 1 unspecified atom stereocenters. The fourth-order valence-corrected chi connectivity index (χ4v) is 5.42. The van der Waals surface area contributed by atoms with E-state index in [1.807, 2.05) is 0 Å². The average Bonchev–Trinajstić information content (AvgIpc) is 3.25. The van der Waals surface area contributed by atoms with Crippen LogP contribution in [0.2, 0.25) is 5.02 Å². The van der Waals surface area contributed by atoms with Gasteiger partial charge >= 0.3 is 21.4 Å². The van der Waals surface area contributed by atoms with Gasteiger partial charge in [0.25, 0.3) is 11.8 Å². The number of nitrogens with one attached hydrogen (secondary N) is 2. The van der Waals surface area contributed by atoms with Gasteiger partial charge in [0, 0.05) is 46.0 Å². The highest BCUT2D eigenvalue weighted by molar-refractivity contribution is 7.86. The number of aromatic nitrogens is 1. The maximum absolute atomic E-state index is 14.2. The van der Waals surface area contributed by atoms with E-state index in [-0.39, 0.29) is 39.2 Å². The number of rotatable bonds is 5. The van der Waals surface area contributed by atoms with E-state index in [0.717, 1.165) is 35.0 Å². The predicted molar refractivity (Wildman–Crippen MR) is 136 cm³/mol. The van der Waals surface area contributed by atoms with Gasteiger partial charge in [0.1, 0.15) is 11.6 Å². The van der Waals surface area contributed by atoms with Gasteiger partial charge in [-0.25, -0.2) is 8.78 Å². The molecule has 1 aromatic heterocycles. The molecule has 1 aliphatic rings. The topological polar surface area (TPSA) is 96.2 Å². The van der Waals surface area contributed by atoms with Gasteiger partial charge in [0.2, 0.25) is 5.69 Å². The maximum atomic E-state index is 14.2. The van der Waals surface area contributed by atoms with Gasteiger partial charge in [-0.1, -0.05) is 15.5 Å². The van der Waals surface area contributed by atoms with E-state index in [1.165, 1.54) is 24.3 Å². The van der Waals surface area contributed by atoms with Gasteiger partial charge in [0.05, 0.1) is 22.9 Å². The van der Waals surface area contributed by atoms with Crippen LogP contribution >= 0.6 is 11.6 Å². The fraction of sp³-hybridized carbons (Fsp3) is 0.0741. The van der Waals surface area contributed by atoms with Crippen LogP contribution in [0.25, 0.3) is 5.69 Å². The van der Waals surface area contributed by atoms with Crippen LogP contribution in [0, 0.1) is 11.6 Å². The first kappa shape index (κ1) is 29.1. The van der Waals surface area contributed by atoms with Gasteiger partial charge in [-0.05, 0) is 42.5 Å². The molecule has 0 spiro atoms. The molecule has 0 radical (unpaired) electrons. The Labute approximate surface area is 238 Å². The molecule has 2 amide bonds. The number of pyridine rings is 1. The number of nitrogens with zero attached hydrogens (tertiary/aromatic N) is 1. The zero-order valence-corrected chi connectivity index (χ0v) is 22.2. The number of anilines is 1. The summed E-state index contributed by atoms with van der Waals surface area (Å²) in [5, 5.41) is 4.07. The van der Waals surface area contributed by atoms with Crippen molar-refractivity contribution in [3.63, 3.8) is 0 Å². The molecule has 15 heteroatoms. The Morgan fingerprint density at radius 2 is 1.71 bits per heavy atom. The average molecular weight is 627 g/mol. The van der Waals surface area contributed by atoms with E-state index in [0.29, 0.717) is 12.1 Å². The number of amides is 2. The Bertz CT molecular complexity index is 1900. The van der Waals surface area contributed by atoms with Crippen LogP contribution in [0.15, 0.2) is 78.0 Å². The van der Waals surface area contributed by atoms with E-state index in [1.54, 1.807) is 0 Å². The van der Waals surface area contributed by atoms with Crippen LogP contribution in [0.3, 0.4) is 0 Å². The van der Waals surface area contributed by atoms with Crippen molar-refractivity contribution in [2.45, 2.75) is 17.2 Å². The van der Waals surface area contributed by atoms with Crippen LogP contribution < -0.4 is 15.2 Å². The lowest BCUT2D eigenvalue weighted by Crippen LogP contribution is -2.36. The molecule has 1 atom stereocenters. The molecule has 42 heavy (non-hydrogen) atoms. The molecule has 0 saturated carbocycles. The first-order valence-corrected chi connectivity index (χ1v) is 13.5. The number of fused-ring (bicyclic) bond motifs is 1. The molecular formula is C27H15ClF6N3O4S+. The van der Waals surface area contributed by atoms with Gasteiger partial charge in [-0.2, -0.15) is 21.6 Å². The summed E-state index contributed by atoms with van der Waals surface area (Å²) in [6, 6.07) is 9.07. The molecular weight excluding hydrogens is 612 g/mol. The summed E-state index contributed by atoms with van der Waals surface area (Å²) in [5.41, 5.74) is -2.74. The van der Waals surface area contributed by atoms with Crippen LogP contribution in [0.1, 0.15) is 43.4 Å².